The van der Waals surface area contributed by atoms with Crippen molar-refractivity contribution in [3.05, 3.63) is 70.9 Å². The zero-order chi connectivity index (χ0) is 31.2. The first-order valence-corrected chi connectivity index (χ1v) is 16.9. The van der Waals surface area contributed by atoms with Gasteiger partial charge in [0.05, 0.1) is 6.42 Å². The monoisotopic (exact) mass is 619 g/mol. The first-order valence-electron chi connectivity index (χ1n) is 16.5. The highest BCUT2D eigenvalue weighted by Crippen LogP contribution is 2.27. The third kappa shape index (κ3) is 8.23. The zero-order valence-electron chi connectivity index (χ0n) is 26.9. The number of nitrogens with one attached hydrogen (secondary N) is 2. The normalized spacial score (nSPS) is 18.0. The molecular formula is C36H50ClN5O2. The van der Waals surface area contributed by atoms with E-state index in [-0.39, 0.29) is 18.2 Å². The highest BCUT2D eigenvalue weighted by Gasteiger charge is 2.35. The standard InChI is InChI=1S/C36H50ClN5O2/c1-25(2)24-42(30-13-17-40(18-14-30)26(3)4)31-15-19-41(20-16-31)36(44)34(21-27-9-11-29(37)12-10-27)39-35(43)22-28-23-38-33-8-6-5-7-32(28)33/h5-12,23,25-26,30-31,34,38H,13-22,24H2,1-4H3,(H,39,43). The van der Waals surface area contributed by atoms with Crippen molar-refractivity contribution in [3.63, 3.8) is 0 Å². The number of fused-ring (bicyclic) bond motifs is 1. The Kier molecular flexibility index (Phi) is 11.0. The maximum atomic E-state index is 14.0. The van der Waals surface area contributed by atoms with E-state index >= 15 is 0 Å². The summed E-state index contributed by atoms with van der Waals surface area (Å²) in [4.78, 5) is 38.0. The Balaban J connectivity index is 1.24. The summed E-state index contributed by atoms with van der Waals surface area (Å²) in [5.41, 5.74) is 2.91. The number of hydrogen-bond acceptors (Lipinski definition) is 4. The molecule has 2 aliphatic heterocycles. The minimum atomic E-state index is -0.627. The van der Waals surface area contributed by atoms with Gasteiger partial charge in [0.1, 0.15) is 6.04 Å². The number of carbonyl (C=O) groups excluding carboxylic acids is 2. The van der Waals surface area contributed by atoms with E-state index in [0.29, 0.717) is 35.5 Å². The van der Waals surface area contributed by atoms with E-state index in [9.17, 15) is 9.59 Å². The fourth-order valence-corrected chi connectivity index (χ4v) is 7.27. The van der Waals surface area contributed by atoms with Gasteiger partial charge in [-0.15, -0.1) is 0 Å². The predicted molar refractivity (Wildman–Crippen MR) is 180 cm³/mol. The average molecular weight is 620 g/mol. The number of H-pyrrole nitrogens is 1. The largest absolute Gasteiger partial charge is 0.361 e. The van der Waals surface area contributed by atoms with Crippen LogP contribution in [0, 0.1) is 5.92 Å². The molecule has 0 bridgehead atoms. The van der Waals surface area contributed by atoms with Crippen molar-refractivity contribution in [3.8, 4) is 0 Å². The van der Waals surface area contributed by atoms with Crippen LogP contribution >= 0.6 is 11.6 Å². The lowest BCUT2D eigenvalue weighted by molar-refractivity contribution is -0.138. The Bertz CT molecular complexity index is 1370. The van der Waals surface area contributed by atoms with Gasteiger partial charge in [-0.25, -0.2) is 0 Å². The molecule has 1 aromatic heterocycles. The number of likely N-dealkylation sites (tertiary alicyclic amines) is 2. The summed E-state index contributed by atoms with van der Waals surface area (Å²) in [6, 6.07) is 16.6. The molecule has 0 saturated carbocycles. The van der Waals surface area contributed by atoms with Crippen molar-refractivity contribution in [2.75, 3.05) is 32.7 Å². The Morgan fingerprint density at radius 2 is 1.57 bits per heavy atom. The van der Waals surface area contributed by atoms with Crippen LogP contribution in [0.2, 0.25) is 5.02 Å². The van der Waals surface area contributed by atoms with Gasteiger partial charge in [0.2, 0.25) is 11.8 Å². The minimum absolute atomic E-state index is 0.00586. The van der Waals surface area contributed by atoms with Crippen LogP contribution < -0.4 is 5.32 Å². The maximum absolute atomic E-state index is 14.0. The van der Waals surface area contributed by atoms with Crippen molar-refractivity contribution in [1.29, 1.82) is 0 Å². The van der Waals surface area contributed by atoms with Crippen LogP contribution in [-0.2, 0) is 22.4 Å². The summed E-state index contributed by atoms with van der Waals surface area (Å²) < 4.78 is 0. The Hall–Kier alpha value is -2.87. The number of rotatable bonds is 11. The summed E-state index contributed by atoms with van der Waals surface area (Å²) in [6.07, 6.45) is 6.92. The predicted octanol–water partition coefficient (Wildman–Crippen LogP) is 5.91. The van der Waals surface area contributed by atoms with E-state index < -0.39 is 6.04 Å². The molecule has 2 N–H and O–H groups in total. The van der Waals surface area contributed by atoms with E-state index in [1.54, 1.807) is 0 Å². The van der Waals surface area contributed by atoms with Gasteiger partial charge < -0.3 is 20.1 Å². The number of nitrogens with zero attached hydrogens (tertiary/aromatic N) is 3. The van der Waals surface area contributed by atoms with Gasteiger partial charge in [0, 0.05) is 66.3 Å². The molecule has 3 aromatic rings. The molecular weight excluding hydrogens is 570 g/mol. The van der Waals surface area contributed by atoms with Crippen molar-refractivity contribution < 1.29 is 9.59 Å². The Morgan fingerprint density at radius 1 is 0.932 bits per heavy atom. The highest BCUT2D eigenvalue weighted by atomic mass is 35.5. The number of aromatic amines is 1. The lowest BCUT2D eigenvalue weighted by atomic mass is 9.94. The van der Waals surface area contributed by atoms with Gasteiger partial charge in [-0.2, -0.15) is 0 Å². The van der Waals surface area contributed by atoms with E-state index in [1.807, 2.05) is 59.6 Å². The summed E-state index contributed by atoms with van der Waals surface area (Å²) in [5.74, 6) is 0.466. The average Bonchev–Trinajstić information content (AvgIpc) is 3.42. The molecule has 7 nitrogen and oxygen atoms in total. The lowest BCUT2D eigenvalue weighted by Crippen LogP contribution is -2.56. The molecule has 2 aromatic carbocycles. The van der Waals surface area contributed by atoms with Gasteiger partial charge >= 0.3 is 0 Å². The summed E-state index contributed by atoms with van der Waals surface area (Å²) in [5, 5.41) is 4.80. The molecule has 2 amide bonds. The molecule has 3 heterocycles. The number of hydrogen-bond donors (Lipinski definition) is 2. The molecule has 8 heteroatoms. The van der Waals surface area contributed by atoms with Crippen molar-refractivity contribution >= 4 is 34.3 Å². The summed E-state index contributed by atoms with van der Waals surface area (Å²) in [7, 11) is 0. The minimum Gasteiger partial charge on any atom is -0.361 e. The first-order chi connectivity index (χ1) is 21.2. The highest BCUT2D eigenvalue weighted by molar-refractivity contribution is 6.30. The molecule has 2 fully saturated rings. The molecule has 0 aliphatic carbocycles. The van der Waals surface area contributed by atoms with Gasteiger partial charge in [-0.3, -0.25) is 14.5 Å². The molecule has 1 atom stereocenters. The van der Waals surface area contributed by atoms with Crippen LogP contribution in [0.4, 0.5) is 0 Å². The number of piperidine rings is 2. The molecule has 44 heavy (non-hydrogen) atoms. The van der Waals surface area contributed by atoms with E-state index in [1.165, 1.54) is 25.9 Å². The fourth-order valence-electron chi connectivity index (χ4n) is 7.14. The van der Waals surface area contributed by atoms with Crippen molar-refractivity contribution in [2.45, 2.75) is 90.4 Å². The van der Waals surface area contributed by atoms with Gasteiger partial charge in [-0.1, -0.05) is 55.8 Å². The van der Waals surface area contributed by atoms with Gasteiger partial charge in [0.15, 0.2) is 0 Å². The summed E-state index contributed by atoms with van der Waals surface area (Å²) >= 11 is 6.14. The van der Waals surface area contributed by atoms with Crippen LogP contribution in [0.3, 0.4) is 0 Å². The Morgan fingerprint density at radius 3 is 2.20 bits per heavy atom. The number of amides is 2. The number of para-hydroxylation sites is 1. The van der Waals surface area contributed by atoms with Gasteiger partial charge in [0.25, 0.3) is 0 Å². The topological polar surface area (TPSA) is 71.7 Å². The third-order valence-electron chi connectivity index (χ3n) is 9.53. The number of aromatic nitrogens is 1. The second kappa shape index (κ2) is 14.9. The number of halogens is 1. The quantitative estimate of drug-likeness (QED) is 0.280. The fraction of sp³-hybridized carbons (Fsp3) is 0.556. The molecule has 2 saturated heterocycles. The molecule has 0 radical (unpaired) electrons. The molecule has 1 unspecified atom stereocenters. The van der Waals surface area contributed by atoms with Crippen LogP contribution in [0.25, 0.3) is 10.9 Å². The maximum Gasteiger partial charge on any atom is 0.245 e. The van der Waals surface area contributed by atoms with Crippen molar-refractivity contribution in [1.82, 2.24) is 25.0 Å². The molecule has 238 valence electrons. The zero-order valence-corrected chi connectivity index (χ0v) is 27.7. The first kappa shape index (κ1) is 32.5. The molecule has 2 aliphatic rings. The van der Waals surface area contributed by atoms with Gasteiger partial charge in [-0.05, 0) is 87.9 Å². The van der Waals surface area contributed by atoms with Crippen LogP contribution in [-0.4, -0.2) is 88.4 Å². The second-order valence-electron chi connectivity index (χ2n) is 13.5. The lowest BCUT2D eigenvalue weighted by Gasteiger charge is -2.46. The SMILES string of the molecule is CC(C)CN(C1CCN(C(=O)C(Cc2ccc(Cl)cc2)NC(=O)Cc2c[nH]c3ccccc23)CC1)C1CCN(C(C)C)CC1. The van der Waals surface area contributed by atoms with Crippen LogP contribution in [0.15, 0.2) is 54.7 Å². The smallest absolute Gasteiger partial charge is 0.245 e. The van der Waals surface area contributed by atoms with Crippen molar-refractivity contribution in [2.24, 2.45) is 5.92 Å². The number of carbonyl (C=O) groups is 2. The molecule has 5 rings (SSSR count). The second-order valence-corrected chi connectivity index (χ2v) is 13.9. The summed E-state index contributed by atoms with van der Waals surface area (Å²) in [6.45, 7) is 14.1. The van der Waals surface area contributed by atoms with E-state index in [0.717, 1.165) is 54.5 Å². The van der Waals surface area contributed by atoms with Crippen LogP contribution in [0.5, 0.6) is 0 Å². The molecule has 0 spiro atoms. The van der Waals surface area contributed by atoms with Crippen LogP contribution in [0.1, 0.15) is 64.5 Å². The third-order valence-corrected chi connectivity index (χ3v) is 9.78. The van der Waals surface area contributed by atoms with E-state index in [2.05, 4.69) is 47.8 Å². The Labute approximate surface area is 268 Å². The van der Waals surface area contributed by atoms with E-state index in [4.69, 9.17) is 11.6 Å². The number of benzene rings is 2.